The lowest BCUT2D eigenvalue weighted by Crippen LogP contribution is -2.33. The van der Waals surface area contributed by atoms with E-state index >= 15 is 0 Å². The SMILES string of the molecule is CC(C)(N)CCC(=O)Nc1cc2c(cc1F)CCC(=O)N2. The molecular formula is C15H20FN3O2. The maximum absolute atomic E-state index is 14.0. The van der Waals surface area contributed by atoms with Crippen LogP contribution in [0.2, 0.25) is 0 Å². The second-order valence-electron chi connectivity index (χ2n) is 6.07. The molecule has 0 aromatic heterocycles. The molecule has 2 rings (SSSR count). The van der Waals surface area contributed by atoms with Crippen LogP contribution >= 0.6 is 0 Å². The van der Waals surface area contributed by atoms with E-state index in [2.05, 4.69) is 10.6 Å². The maximum atomic E-state index is 14.0. The van der Waals surface area contributed by atoms with E-state index in [4.69, 9.17) is 5.73 Å². The van der Waals surface area contributed by atoms with Crippen molar-refractivity contribution in [3.63, 3.8) is 0 Å². The number of rotatable bonds is 4. The van der Waals surface area contributed by atoms with Gasteiger partial charge in [0.25, 0.3) is 0 Å². The molecule has 4 N–H and O–H groups in total. The molecule has 6 heteroatoms. The average Bonchev–Trinajstić information content (AvgIpc) is 2.37. The van der Waals surface area contributed by atoms with Crippen LogP contribution in [-0.2, 0) is 16.0 Å². The second-order valence-corrected chi connectivity index (χ2v) is 6.07. The van der Waals surface area contributed by atoms with Gasteiger partial charge in [0.1, 0.15) is 5.82 Å². The van der Waals surface area contributed by atoms with Crippen molar-refractivity contribution in [1.29, 1.82) is 0 Å². The number of nitrogens with two attached hydrogens (primary N) is 1. The molecule has 1 aromatic rings. The molecule has 2 amide bonds. The number of carbonyl (C=O) groups excluding carboxylic acids is 2. The molecule has 1 aliphatic heterocycles. The standard InChI is InChI=1S/C15H20FN3O2/c1-15(2,17)6-5-14(21)19-12-8-11-9(7-10(12)16)3-4-13(20)18-11/h7-8H,3-6,17H2,1-2H3,(H,18,20)(H,19,21). The highest BCUT2D eigenvalue weighted by molar-refractivity contribution is 5.96. The van der Waals surface area contributed by atoms with Crippen molar-refractivity contribution in [2.45, 2.75) is 45.1 Å². The lowest BCUT2D eigenvalue weighted by atomic mass is 9.99. The van der Waals surface area contributed by atoms with Gasteiger partial charge in [0.05, 0.1) is 5.69 Å². The normalized spacial score (nSPS) is 14.4. The molecule has 0 atom stereocenters. The highest BCUT2D eigenvalue weighted by Gasteiger charge is 2.19. The van der Waals surface area contributed by atoms with Crippen molar-refractivity contribution < 1.29 is 14.0 Å². The van der Waals surface area contributed by atoms with Gasteiger partial charge in [0.2, 0.25) is 11.8 Å². The first-order chi connectivity index (χ1) is 9.74. The minimum absolute atomic E-state index is 0.0794. The summed E-state index contributed by atoms with van der Waals surface area (Å²) in [6.07, 6.45) is 1.58. The van der Waals surface area contributed by atoms with E-state index in [-0.39, 0.29) is 23.9 Å². The Labute approximate surface area is 123 Å². The van der Waals surface area contributed by atoms with Gasteiger partial charge in [-0.15, -0.1) is 0 Å². The zero-order valence-corrected chi connectivity index (χ0v) is 12.3. The number of fused-ring (bicyclic) bond motifs is 1. The van der Waals surface area contributed by atoms with Crippen LogP contribution in [0.25, 0.3) is 0 Å². The molecule has 0 saturated carbocycles. The summed E-state index contributed by atoms with van der Waals surface area (Å²) in [6, 6.07) is 2.82. The van der Waals surface area contributed by atoms with E-state index in [9.17, 15) is 14.0 Å². The molecule has 114 valence electrons. The average molecular weight is 293 g/mol. The number of halogens is 1. The van der Waals surface area contributed by atoms with Crippen LogP contribution in [0, 0.1) is 5.82 Å². The number of benzene rings is 1. The van der Waals surface area contributed by atoms with Crippen molar-refractivity contribution in [2.75, 3.05) is 10.6 Å². The van der Waals surface area contributed by atoms with Crippen LogP contribution in [0.1, 0.15) is 38.7 Å². The Balaban J connectivity index is 2.08. The molecule has 0 radical (unpaired) electrons. The van der Waals surface area contributed by atoms with Crippen LogP contribution in [0.5, 0.6) is 0 Å². The fourth-order valence-corrected chi connectivity index (χ4v) is 2.14. The molecule has 1 aliphatic rings. The number of amides is 2. The highest BCUT2D eigenvalue weighted by Crippen LogP contribution is 2.28. The lowest BCUT2D eigenvalue weighted by molar-refractivity contribution is -0.117. The zero-order chi connectivity index (χ0) is 15.6. The predicted molar refractivity (Wildman–Crippen MR) is 79.5 cm³/mol. The fourth-order valence-electron chi connectivity index (χ4n) is 2.14. The van der Waals surface area contributed by atoms with E-state index in [0.717, 1.165) is 5.56 Å². The molecule has 1 heterocycles. The Morgan fingerprint density at radius 1 is 1.43 bits per heavy atom. The molecule has 0 aliphatic carbocycles. The van der Waals surface area contributed by atoms with Crippen molar-refractivity contribution in [1.82, 2.24) is 0 Å². The lowest BCUT2D eigenvalue weighted by Gasteiger charge is -2.19. The van der Waals surface area contributed by atoms with Gasteiger partial charge in [-0.25, -0.2) is 4.39 Å². The molecule has 5 nitrogen and oxygen atoms in total. The van der Waals surface area contributed by atoms with Gasteiger partial charge in [-0.1, -0.05) is 0 Å². The third kappa shape index (κ3) is 4.26. The largest absolute Gasteiger partial charge is 0.326 e. The first kappa shape index (κ1) is 15.4. The van der Waals surface area contributed by atoms with Gasteiger partial charge >= 0.3 is 0 Å². The van der Waals surface area contributed by atoms with Crippen molar-refractivity contribution in [3.05, 3.63) is 23.5 Å². The summed E-state index contributed by atoms with van der Waals surface area (Å²) >= 11 is 0. The van der Waals surface area contributed by atoms with E-state index in [1.54, 1.807) is 0 Å². The molecule has 21 heavy (non-hydrogen) atoms. The van der Waals surface area contributed by atoms with Crippen LogP contribution in [0.4, 0.5) is 15.8 Å². The number of hydrogen-bond acceptors (Lipinski definition) is 3. The summed E-state index contributed by atoms with van der Waals surface area (Å²) in [5.41, 5.74) is 6.75. The summed E-state index contributed by atoms with van der Waals surface area (Å²) < 4.78 is 14.0. The van der Waals surface area contributed by atoms with Gasteiger partial charge in [-0.2, -0.15) is 0 Å². The van der Waals surface area contributed by atoms with Gasteiger partial charge < -0.3 is 16.4 Å². The number of hydrogen-bond donors (Lipinski definition) is 3. The van der Waals surface area contributed by atoms with Crippen LogP contribution < -0.4 is 16.4 Å². The third-order valence-corrected chi connectivity index (χ3v) is 3.36. The number of carbonyl (C=O) groups is 2. The summed E-state index contributed by atoms with van der Waals surface area (Å²) in [6.45, 7) is 3.66. The maximum Gasteiger partial charge on any atom is 0.224 e. The Morgan fingerprint density at radius 2 is 2.14 bits per heavy atom. The first-order valence-electron chi connectivity index (χ1n) is 6.95. The van der Waals surface area contributed by atoms with E-state index < -0.39 is 11.4 Å². The van der Waals surface area contributed by atoms with E-state index in [1.165, 1.54) is 12.1 Å². The summed E-state index contributed by atoms with van der Waals surface area (Å²) in [7, 11) is 0. The summed E-state index contributed by atoms with van der Waals surface area (Å²) in [5, 5.41) is 5.21. The summed E-state index contributed by atoms with van der Waals surface area (Å²) in [4.78, 5) is 23.2. The topological polar surface area (TPSA) is 84.2 Å². The van der Waals surface area contributed by atoms with E-state index in [1.807, 2.05) is 13.8 Å². The van der Waals surface area contributed by atoms with Gasteiger partial charge in [0.15, 0.2) is 0 Å². The van der Waals surface area contributed by atoms with Gasteiger partial charge in [0, 0.05) is 24.1 Å². The minimum Gasteiger partial charge on any atom is -0.326 e. The molecule has 1 aromatic carbocycles. The molecule has 0 fully saturated rings. The molecule has 0 saturated heterocycles. The molecule has 0 unspecified atom stereocenters. The summed E-state index contributed by atoms with van der Waals surface area (Å²) in [5.74, 6) is -0.893. The number of nitrogens with one attached hydrogen (secondary N) is 2. The molecule has 0 bridgehead atoms. The first-order valence-corrected chi connectivity index (χ1v) is 6.95. The Kier molecular flexibility index (Phi) is 4.27. The molecule has 0 spiro atoms. The van der Waals surface area contributed by atoms with Crippen LogP contribution in [0.15, 0.2) is 12.1 Å². The van der Waals surface area contributed by atoms with Crippen LogP contribution in [-0.4, -0.2) is 17.4 Å². The van der Waals surface area contributed by atoms with Gasteiger partial charge in [-0.3, -0.25) is 9.59 Å². The molecular weight excluding hydrogens is 273 g/mol. The quantitative estimate of drug-likeness (QED) is 0.795. The second kappa shape index (κ2) is 5.81. The zero-order valence-electron chi connectivity index (χ0n) is 12.3. The van der Waals surface area contributed by atoms with Crippen molar-refractivity contribution in [2.24, 2.45) is 5.73 Å². The predicted octanol–water partition coefficient (Wildman–Crippen LogP) is 2.17. The van der Waals surface area contributed by atoms with Crippen LogP contribution in [0.3, 0.4) is 0 Å². The third-order valence-electron chi connectivity index (χ3n) is 3.36. The number of anilines is 2. The van der Waals surface area contributed by atoms with E-state index in [0.29, 0.717) is 24.9 Å². The Hall–Kier alpha value is -1.95. The monoisotopic (exact) mass is 293 g/mol. The minimum atomic E-state index is -0.495. The number of aryl methyl sites for hydroxylation is 1. The smallest absolute Gasteiger partial charge is 0.224 e. The Morgan fingerprint density at radius 3 is 2.81 bits per heavy atom. The Bertz CT molecular complexity index is 579. The highest BCUT2D eigenvalue weighted by atomic mass is 19.1. The van der Waals surface area contributed by atoms with Crippen molar-refractivity contribution >= 4 is 23.2 Å². The van der Waals surface area contributed by atoms with Crippen molar-refractivity contribution in [3.8, 4) is 0 Å². The fraction of sp³-hybridized carbons (Fsp3) is 0.467. The van der Waals surface area contributed by atoms with Gasteiger partial charge in [-0.05, 0) is 44.4 Å².